The summed E-state index contributed by atoms with van der Waals surface area (Å²) in [6.07, 6.45) is 63.1. The zero-order valence-electron chi connectivity index (χ0n) is 38.0. The molecule has 0 heterocycles. The Labute approximate surface area is 359 Å². The maximum absolute atomic E-state index is 12.7. The van der Waals surface area contributed by atoms with Gasteiger partial charge in [-0.05, 0) is 83.5 Å². The Balaban J connectivity index is 4.34. The molecule has 0 fully saturated rings. The van der Waals surface area contributed by atoms with Gasteiger partial charge < -0.3 is 14.2 Å². The fraction of sp³-hybridized carbons (Fsp3) is 0.698. The Bertz CT molecular complexity index is 1090. The van der Waals surface area contributed by atoms with Gasteiger partial charge in [-0.15, -0.1) is 0 Å². The third kappa shape index (κ3) is 45.8. The Morgan fingerprint density at radius 1 is 0.397 bits per heavy atom. The van der Waals surface area contributed by atoms with Gasteiger partial charge in [0.2, 0.25) is 0 Å². The van der Waals surface area contributed by atoms with E-state index in [2.05, 4.69) is 99.8 Å². The number of carbonyl (C=O) groups excluding carboxylic acids is 2. The number of rotatable bonds is 43. The summed E-state index contributed by atoms with van der Waals surface area (Å²) >= 11 is 0. The molecule has 5 heteroatoms. The lowest BCUT2D eigenvalue weighted by Gasteiger charge is -2.18. The van der Waals surface area contributed by atoms with Gasteiger partial charge in [-0.1, -0.05) is 202 Å². The first-order chi connectivity index (χ1) is 28.6. The molecule has 0 rings (SSSR count). The van der Waals surface area contributed by atoms with E-state index in [0.717, 1.165) is 70.6 Å². The predicted octanol–water partition coefficient (Wildman–Crippen LogP) is 16.1. The van der Waals surface area contributed by atoms with Gasteiger partial charge in [0, 0.05) is 19.4 Å². The van der Waals surface area contributed by atoms with E-state index < -0.39 is 6.10 Å². The van der Waals surface area contributed by atoms with E-state index in [1.54, 1.807) is 0 Å². The van der Waals surface area contributed by atoms with Crippen molar-refractivity contribution in [3.05, 3.63) is 85.1 Å². The molecule has 58 heavy (non-hydrogen) atoms. The molecule has 0 saturated heterocycles. The van der Waals surface area contributed by atoms with E-state index in [9.17, 15) is 9.59 Å². The number of hydrogen-bond donors (Lipinski definition) is 0. The average Bonchev–Trinajstić information content (AvgIpc) is 3.22. The summed E-state index contributed by atoms with van der Waals surface area (Å²) in [5.74, 6) is -0.501. The van der Waals surface area contributed by atoms with Crippen LogP contribution in [0.1, 0.15) is 213 Å². The van der Waals surface area contributed by atoms with E-state index in [-0.39, 0.29) is 25.2 Å². The minimum Gasteiger partial charge on any atom is -0.462 e. The number of unbranched alkanes of at least 4 members (excludes halogenated alkanes) is 18. The molecule has 0 aliphatic heterocycles. The van der Waals surface area contributed by atoms with E-state index >= 15 is 0 Å². The maximum Gasteiger partial charge on any atom is 0.306 e. The third-order valence-electron chi connectivity index (χ3n) is 9.93. The molecule has 0 aromatic carbocycles. The monoisotopic (exact) mass is 807 g/mol. The van der Waals surface area contributed by atoms with E-state index in [1.165, 1.54) is 103 Å². The van der Waals surface area contributed by atoms with Gasteiger partial charge in [0.05, 0.1) is 6.61 Å². The fourth-order valence-corrected chi connectivity index (χ4v) is 6.35. The fourth-order valence-electron chi connectivity index (χ4n) is 6.35. The number of hydrogen-bond acceptors (Lipinski definition) is 5. The second kappa shape index (κ2) is 48.4. The number of allylic oxidation sites excluding steroid dienone is 14. The molecule has 0 radical (unpaired) electrons. The van der Waals surface area contributed by atoms with Gasteiger partial charge in [0.1, 0.15) is 6.61 Å². The van der Waals surface area contributed by atoms with Crippen molar-refractivity contribution in [3.8, 4) is 0 Å². The third-order valence-corrected chi connectivity index (χ3v) is 9.93. The summed E-state index contributed by atoms with van der Waals surface area (Å²) in [4.78, 5) is 25.2. The second-order valence-corrected chi connectivity index (χ2v) is 15.6. The number of carbonyl (C=O) groups is 2. The number of esters is 2. The molecule has 0 aromatic heterocycles. The molecule has 0 aliphatic rings. The molecule has 0 aliphatic carbocycles. The summed E-state index contributed by atoms with van der Waals surface area (Å²) in [7, 11) is 0. The zero-order valence-corrected chi connectivity index (χ0v) is 38.0. The Hall–Kier alpha value is -2.92. The Morgan fingerprint density at radius 2 is 0.810 bits per heavy atom. The van der Waals surface area contributed by atoms with Gasteiger partial charge in [-0.3, -0.25) is 9.59 Å². The zero-order chi connectivity index (χ0) is 42.1. The van der Waals surface area contributed by atoms with Gasteiger partial charge in [-0.2, -0.15) is 0 Å². The van der Waals surface area contributed by atoms with Crippen LogP contribution in [-0.4, -0.2) is 37.9 Å². The molecule has 5 nitrogen and oxygen atoms in total. The SMILES string of the molecule is CC/C=C\C/C=C\C/C=C\C/C=C\C/C=C\C/C=C\CCC(=O)OCC(COCCCCCCCC/C=C\CCCCCC)OC(=O)CCCCCCCCCCC. The highest BCUT2D eigenvalue weighted by Crippen LogP contribution is 2.13. The minimum atomic E-state index is -0.569. The topological polar surface area (TPSA) is 61.8 Å². The van der Waals surface area contributed by atoms with Crippen molar-refractivity contribution in [2.45, 2.75) is 219 Å². The molecule has 1 unspecified atom stereocenters. The van der Waals surface area contributed by atoms with Crippen LogP contribution >= 0.6 is 0 Å². The average molecular weight is 807 g/mol. The molecule has 0 N–H and O–H groups in total. The normalized spacial score (nSPS) is 12.9. The van der Waals surface area contributed by atoms with Gasteiger partial charge in [-0.25, -0.2) is 0 Å². The van der Waals surface area contributed by atoms with Crippen LogP contribution in [0.15, 0.2) is 85.1 Å². The van der Waals surface area contributed by atoms with Gasteiger partial charge >= 0.3 is 11.9 Å². The highest BCUT2D eigenvalue weighted by Gasteiger charge is 2.17. The summed E-state index contributed by atoms with van der Waals surface area (Å²) in [6.45, 7) is 7.59. The first-order valence-electron chi connectivity index (χ1n) is 24.1. The highest BCUT2D eigenvalue weighted by atomic mass is 16.6. The molecular formula is C53H90O5. The molecule has 332 valence electrons. The molecule has 0 amide bonds. The van der Waals surface area contributed by atoms with Crippen molar-refractivity contribution in [2.24, 2.45) is 0 Å². The highest BCUT2D eigenvalue weighted by molar-refractivity contribution is 5.70. The lowest BCUT2D eigenvalue weighted by molar-refractivity contribution is -0.162. The summed E-state index contributed by atoms with van der Waals surface area (Å²) in [5, 5.41) is 0. The van der Waals surface area contributed by atoms with Crippen molar-refractivity contribution >= 4 is 11.9 Å². The summed E-state index contributed by atoms with van der Waals surface area (Å²) in [5.41, 5.74) is 0. The van der Waals surface area contributed by atoms with Crippen LogP contribution in [0.3, 0.4) is 0 Å². The van der Waals surface area contributed by atoms with Crippen LogP contribution in [-0.2, 0) is 23.8 Å². The van der Waals surface area contributed by atoms with Crippen LogP contribution in [0, 0.1) is 0 Å². The smallest absolute Gasteiger partial charge is 0.306 e. The van der Waals surface area contributed by atoms with Gasteiger partial charge in [0.25, 0.3) is 0 Å². The molecule has 0 spiro atoms. The standard InChI is InChI=1S/C53H90O5/c1-4-7-10-13-16-19-21-23-25-26-27-28-29-30-32-35-37-40-43-46-52(54)57-50-51(58-53(55)47-44-41-38-34-18-15-12-9-6-3)49-56-48-45-42-39-36-33-31-24-22-20-17-14-11-8-5-2/h7,10,16,19-20,22-23,25,27-28,30,32,37,40,51H,4-6,8-9,11-15,17-18,21,24,26,29,31,33-36,38-39,41-50H2,1-3H3/b10-7-,19-16-,22-20-,25-23-,28-27-,32-30-,40-37-. The Kier molecular flexibility index (Phi) is 46.0. The maximum atomic E-state index is 12.7. The van der Waals surface area contributed by atoms with Crippen molar-refractivity contribution in [1.82, 2.24) is 0 Å². The lowest BCUT2D eigenvalue weighted by atomic mass is 10.1. The minimum absolute atomic E-state index is 0.0409. The predicted molar refractivity (Wildman–Crippen MR) is 251 cm³/mol. The first-order valence-corrected chi connectivity index (χ1v) is 24.1. The lowest BCUT2D eigenvalue weighted by Crippen LogP contribution is -2.30. The van der Waals surface area contributed by atoms with E-state index in [0.29, 0.717) is 25.9 Å². The second-order valence-electron chi connectivity index (χ2n) is 15.6. The van der Waals surface area contributed by atoms with Crippen molar-refractivity contribution in [1.29, 1.82) is 0 Å². The van der Waals surface area contributed by atoms with Crippen molar-refractivity contribution in [3.63, 3.8) is 0 Å². The van der Waals surface area contributed by atoms with Crippen LogP contribution < -0.4 is 0 Å². The molecule has 1 atom stereocenters. The van der Waals surface area contributed by atoms with Crippen molar-refractivity contribution in [2.75, 3.05) is 19.8 Å². The Morgan fingerprint density at radius 3 is 1.33 bits per heavy atom. The molecule has 0 aromatic rings. The van der Waals surface area contributed by atoms with Crippen LogP contribution in [0.4, 0.5) is 0 Å². The molecule has 0 saturated carbocycles. The quantitative estimate of drug-likeness (QED) is 0.0349. The van der Waals surface area contributed by atoms with Gasteiger partial charge in [0.15, 0.2) is 6.10 Å². The number of ether oxygens (including phenoxy) is 3. The molecular weight excluding hydrogens is 717 g/mol. The van der Waals surface area contributed by atoms with E-state index in [4.69, 9.17) is 14.2 Å². The van der Waals surface area contributed by atoms with Crippen molar-refractivity contribution < 1.29 is 23.8 Å². The van der Waals surface area contributed by atoms with Crippen LogP contribution in [0.5, 0.6) is 0 Å². The first kappa shape index (κ1) is 55.1. The van der Waals surface area contributed by atoms with Crippen LogP contribution in [0.2, 0.25) is 0 Å². The van der Waals surface area contributed by atoms with Crippen LogP contribution in [0.25, 0.3) is 0 Å². The summed E-state index contributed by atoms with van der Waals surface area (Å²) in [6, 6.07) is 0. The summed E-state index contributed by atoms with van der Waals surface area (Å²) < 4.78 is 17.2. The molecule has 0 bridgehead atoms. The van der Waals surface area contributed by atoms with E-state index in [1.807, 2.05) is 6.08 Å². The largest absolute Gasteiger partial charge is 0.462 e.